The number of para-hydroxylation sites is 4. The number of hydrogen-bond acceptors (Lipinski definition) is 4. The third-order valence-electron chi connectivity index (χ3n) is 28.9. The van der Waals surface area contributed by atoms with Crippen molar-refractivity contribution in [3.8, 4) is 0 Å². The van der Waals surface area contributed by atoms with E-state index < -0.39 is 23.6 Å². The largest absolute Gasteiger partial charge is 0.435 e. The van der Waals surface area contributed by atoms with Gasteiger partial charge in [0.1, 0.15) is 0 Å². The minimum atomic E-state index is -4.49. The molecule has 0 radical (unpaired) electrons. The van der Waals surface area contributed by atoms with Crippen LogP contribution in [0.15, 0.2) is 269 Å². The van der Waals surface area contributed by atoms with Crippen molar-refractivity contribution < 1.29 is 94.6 Å². The molecule has 0 spiro atoms. The van der Waals surface area contributed by atoms with Gasteiger partial charge in [-0.1, -0.05) is 282 Å². The van der Waals surface area contributed by atoms with Crippen molar-refractivity contribution >= 4 is 58.7 Å². The number of benzene rings is 7. The number of aromatic amines is 4. The molecule has 4 aliphatic rings. The number of alkyl halides is 7. The smallest absolute Gasteiger partial charge is 0.360 e. The number of aryl methyl sites for hydroxylation is 3. The maximum absolute atomic E-state index is 13.1. The Morgan fingerprint density at radius 1 is 0.346 bits per heavy atom. The van der Waals surface area contributed by atoms with Gasteiger partial charge >= 0.3 is 12.4 Å². The van der Waals surface area contributed by atoms with Gasteiger partial charge in [0.05, 0.1) is 69.7 Å². The van der Waals surface area contributed by atoms with Crippen LogP contribution in [0, 0.1) is 127 Å². The number of halogens is 7. The fourth-order valence-electron chi connectivity index (χ4n) is 20.3. The van der Waals surface area contributed by atoms with Crippen LogP contribution in [0.25, 0.3) is 0 Å². The van der Waals surface area contributed by atoms with Gasteiger partial charge in [0.25, 0.3) is 0 Å². The Bertz CT molecular complexity index is 4850. The average molecular weight is 1920 g/mol. The summed E-state index contributed by atoms with van der Waals surface area (Å²) < 4.78 is 78.3. The molecule has 19 heteroatoms. The summed E-state index contributed by atoms with van der Waals surface area (Å²) in [7, 11) is 0. The minimum Gasteiger partial charge on any atom is -0.360 e. The van der Waals surface area contributed by atoms with Crippen LogP contribution in [0.5, 0.6) is 0 Å². The molecular weight excluding hydrogens is 1780 g/mol. The summed E-state index contributed by atoms with van der Waals surface area (Å²) in [5.74, 6) is 16.2. The van der Waals surface area contributed by atoms with Crippen LogP contribution in [0.2, 0.25) is 0 Å². The molecule has 688 valence electrons. The van der Waals surface area contributed by atoms with Gasteiger partial charge < -0.3 is 19.9 Å². The van der Waals surface area contributed by atoms with Gasteiger partial charge in [-0.2, -0.15) is 26.3 Å². The zero-order valence-corrected chi connectivity index (χ0v) is 82.9. The fraction of sp³-hybridized carbons (Fsp3) is 0.426. The normalized spacial score (nSPS) is 25.4. The van der Waals surface area contributed by atoms with Crippen molar-refractivity contribution in [3.63, 3.8) is 0 Å². The Labute approximate surface area is 802 Å². The third kappa shape index (κ3) is 29.4. The summed E-state index contributed by atoms with van der Waals surface area (Å²) >= 11 is 5.81. The van der Waals surface area contributed by atoms with Gasteiger partial charge in [-0.3, -0.25) is 15.0 Å². The van der Waals surface area contributed by atoms with E-state index in [2.05, 4.69) is 288 Å². The van der Waals surface area contributed by atoms with Gasteiger partial charge in [-0.05, 0) is 263 Å². The maximum atomic E-state index is 13.1. The van der Waals surface area contributed by atoms with Crippen molar-refractivity contribution in [3.05, 3.63) is 322 Å². The fourth-order valence-corrected chi connectivity index (χ4v) is 20.5. The summed E-state index contributed by atoms with van der Waals surface area (Å²) in [5.41, 5.74) is 13.3. The molecule has 8 nitrogen and oxygen atoms in total. The molecule has 15 rings (SSSR count). The molecule has 4 saturated carbocycles. The Balaban J connectivity index is 0.000000266. The van der Waals surface area contributed by atoms with E-state index in [1.165, 1.54) is 64.5 Å². The number of hydrogen-bond donors (Lipinski definition) is 4. The molecule has 0 bridgehead atoms. The van der Waals surface area contributed by atoms with E-state index in [4.69, 9.17) is 11.6 Å². The van der Waals surface area contributed by atoms with Crippen LogP contribution in [-0.2, 0) is 86.8 Å². The van der Waals surface area contributed by atoms with E-state index in [1.807, 2.05) is 79.3 Å². The van der Waals surface area contributed by atoms with E-state index in [0.717, 1.165) is 135 Å². The first kappa shape index (κ1) is 110. The Morgan fingerprint density at radius 2 is 0.701 bits per heavy atom. The SMILES string of the molecule is CC1C(C)C(C)C(C(C)(C)Cc2ccc(C=Nc3ccccc3C(F)(F)F)[nH]2)C1C.CC1C(C)C(C)C(c2ccccc2)C1C.CC1C(C)C(C)C(c2ccccc2)C1C.CC1C(C)C(C)C(c2ccccc2)C1C.Cc1cccc(C)c1N=Cc1ccc[nH]1.Cc1ccccc1N=C(c1ccc[nH]1)C(F)(F)F.ClCc1ccccc1N=Cc1ccc[nH]1.[Fe].[Fe].[Fe].[Fe]. The van der Waals surface area contributed by atoms with Crippen molar-refractivity contribution in [1.82, 2.24) is 19.9 Å². The molecule has 4 N–H and O–H groups in total. The second-order valence-electron chi connectivity index (χ2n) is 36.6. The summed E-state index contributed by atoms with van der Waals surface area (Å²) in [6.07, 6.45) is 2.33. The first-order valence-electron chi connectivity index (χ1n) is 44.4. The molecule has 127 heavy (non-hydrogen) atoms. The predicted molar refractivity (Wildman–Crippen MR) is 507 cm³/mol. The van der Waals surface area contributed by atoms with Crippen molar-refractivity contribution in [2.45, 2.75) is 188 Å². The van der Waals surface area contributed by atoms with Crippen LogP contribution < -0.4 is 0 Å². The van der Waals surface area contributed by atoms with E-state index in [9.17, 15) is 26.3 Å². The molecule has 11 aromatic rings. The van der Waals surface area contributed by atoms with Crippen molar-refractivity contribution in [1.29, 1.82) is 0 Å². The number of H-pyrrole nitrogens is 4. The maximum Gasteiger partial charge on any atom is 0.435 e. The van der Waals surface area contributed by atoms with E-state index >= 15 is 0 Å². The number of aromatic nitrogens is 4. The molecule has 4 aliphatic carbocycles. The molecule has 16 atom stereocenters. The van der Waals surface area contributed by atoms with Gasteiger partial charge in [0, 0.05) is 98.4 Å². The summed E-state index contributed by atoms with van der Waals surface area (Å²) in [5, 5.41) is 0. The van der Waals surface area contributed by atoms with Crippen LogP contribution in [0.1, 0.15) is 215 Å². The second kappa shape index (κ2) is 51.2. The van der Waals surface area contributed by atoms with Gasteiger partial charge in [0.15, 0.2) is 5.71 Å². The Hall–Kier alpha value is -7.71. The number of rotatable bonds is 15. The molecule has 7 aromatic carbocycles. The first-order chi connectivity index (χ1) is 58.4. The molecule has 0 amide bonds. The van der Waals surface area contributed by atoms with Crippen molar-refractivity contribution in [2.75, 3.05) is 0 Å². The predicted octanol–water partition coefficient (Wildman–Crippen LogP) is 31.4. The molecule has 4 heterocycles. The summed E-state index contributed by atoms with van der Waals surface area (Å²) in [6, 6.07) is 73.9. The molecule has 0 saturated heterocycles. The molecule has 4 aromatic heterocycles. The molecular formula is C108H135ClF6Fe4N8. The molecule has 4 fully saturated rings. The molecule has 0 aliphatic heterocycles. The third-order valence-corrected chi connectivity index (χ3v) is 29.2. The zero-order valence-electron chi connectivity index (χ0n) is 77.7. The van der Waals surface area contributed by atoms with E-state index in [0.29, 0.717) is 52.4 Å². The zero-order chi connectivity index (χ0) is 89.6. The number of nitrogens with one attached hydrogen (secondary N) is 4. The quantitative estimate of drug-likeness (QED) is 0.0339. The summed E-state index contributed by atoms with van der Waals surface area (Å²) in [4.78, 5) is 28.7. The van der Waals surface area contributed by atoms with Crippen LogP contribution >= 0.6 is 11.6 Å². The van der Waals surface area contributed by atoms with E-state index in [1.54, 1.807) is 43.5 Å². The first-order valence-corrected chi connectivity index (χ1v) is 44.9. The number of aliphatic imine (C=N–C) groups is 4. The van der Waals surface area contributed by atoms with Crippen molar-refractivity contribution in [2.24, 2.45) is 126 Å². The Morgan fingerprint density at radius 3 is 1.09 bits per heavy atom. The standard InChI is InChI=1S/C25H33F3N2.3C15H22.C13H11F3N2.C13H14N2.C12H11ClN2.4Fe/c1-15-16(2)18(4)23(17(15)3)24(5,6)13-19-11-12-20(30-19)14-29-22-10-8-7-9-21(22)25(26,27)28;3*1-10-11(2)13(4)15(12(10)3)14-8-6-5-7-9-14;1-9-5-2-3-6-10(9)18-12(13(14,15)16)11-7-4-8-17-11;1-10-5-3-6-11(2)13(10)15-9-12-7-4-8-14-12;13-8-10-4-1-2-6-12(10)15-9-11-5-3-7-14-11;;;;/h7-12,14-18,23,30H,13H2,1-6H3;3*5-13,15H,1-4H3;2-8,17H,1H3;3-9,14H,1-2H3;1-7,9,14H,8H2;;;;. The van der Waals surface area contributed by atoms with Gasteiger partial charge in [-0.25, -0.2) is 4.99 Å². The second-order valence-corrected chi connectivity index (χ2v) is 36.8. The van der Waals surface area contributed by atoms with Crippen LogP contribution in [0.4, 0.5) is 49.1 Å². The topological polar surface area (TPSA) is 113 Å². The molecule has 16 unspecified atom stereocenters. The van der Waals surface area contributed by atoms with Gasteiger partial charge in [0.2, 0.25) is 0 Å². The average Bonchev–Trinajstić information content (AvgIpc) is 1.55. The van der Waals surface area contributed by atoms with Gasteiger partial charge in [-0.15, -0.1) is 11.6 Å². The van der Waals surface area contributed by atoms with Crippen LogP contribution in [-0.4, -0.2) is 50.5 Å². The van der Waals surface area contributed by atoms with Crippen LogP contribution in [0.3, 0.4) is 0 Å². The number of nitrogens with zero attached hydrogens (tertiary/aromatic N) is 4. The summed E-state index contributed by atoms with van der Waals surface area (Å²) in [6.45, 7) is 49.0. The van der Waals surface area contributed by atoms with E-state index in [-0.39, 0.29) is 85.1 Å². The monoisotopic (exact) mass is 1920 g/mol. The minimum absolute atomic E-state index is 0. The Kier molecular flexibility index (Phi) is 44.3.